The number of methoxy groups -OCH3 is 3. The number of hydrogen-bond donors (Lipinski definition) is 0. The van der Waals surface area contributed by atoms with E-state index in [1.807, 2.05) is 18.2 Å². The Labute approximate surface area is 113 Å². The van der Waals surface area contributed by atoms with E-state index in [1.165, 1.54) is 7.11 Å². The van der Waals surface area contributed by atoms with E-state index >= 15 is 0 Å². The van der Waals surface area contributed by atoms with Gasteiger partial charge in [-0.2, -0.15) is 0 Å². The predicted molar refractivity (Wildman–Crippen MR) is 71.6 cm³/mol. The van der Waals surface area contributed by atoms with Crippen LogP contribution in [0.25, 0.3) is 0 Å². The molecule has 1 aliphatic rings. The summed E-state index contributed by atoms with van der Waals surface area (Å²) in [7, 11) is 4.63. The second kappa shape index (κ2) is 4.44. The minimum atomic E-state index is -0.637. The molecule has 0 spiro atoms. The molecule has 1 unspecified atom stereocenters. The van der Waals surface area contributed by atoms with Crippen molar-refractivity contribution in [1.29, 1.82) is 0 Å². The lowest BCUT2D eigenvalue weighted by Crippen LogP contribution is -2.28. The molecule has 0 N–H and O–H groups in total. The summed E-state index contributed by atoms with van der Waals surface area (Å²) < 4.78 is 15.7. The second-order valence-electron chi connectivity index (χ2n) is 5.52. The molecule has 1 aromatic rings. The highest BCUT2D eigenvalue weighted by molar-refractivity contribution is 5.89. The Bertz CT molecular complexity index is 507. The van der Waals surface area contributed by atoms with E-state index in [9.17, 15) is 4.79 Å². The van der Waals surface area contributed by atoms with Crippen LogP contribution in [0.5, 0.6) is 11.5 Å². The monoisotopic (exact) mass is 264 g/mol. The van der Waals surface area contributed by atoms with E-state index in [2.05, 4.69) is 13.8 Å². The molecule has 1 atom stereocenters. The average molecular weight is 264 g/mol. The number of esters is 1. The molecule has 104 valence electrons. The molecule has 19 heavy (non-hydrogen) atoms. The van der Waals surface area contributed by atoms with Gasteiger partial charge >= 0.3 is 5.97 Å². The number of carbonyl (C=O) groups is 1. The molecular formula is C15H20O4. The van der Waals surface area contributed by atoms with Gasteiger partial charge in [0.25, 0.3) is 0 Å². The summed E-state index contributed by atoms with van der Waals surface area (Å²) in [6.45, 7) is 4.12. The summed E-state index contributed by atoms with van der Waals surface area (Å²) in [6.07, 6.45) is 0.746. The quantitative estimate of drug-likeness (QED) is 0.784. The fourth-order valence-corrected chi connectivity index (χ4v) is 2.86. The molecule has 2 rings (SSSR count). The second-order valence-corrected chi connectivity index (χ2v) is 5.52. The smallest absolute Gasteiger partial charge is 0.316 e. The van der Waals surface area contributed by atoms with Gasteiger partial charge in [0.05, 0.1) is 21.3 Å². The van der Waals surface area contributed by atoms with Crippen LogP contribution < -0.4 is 9.47 Å². The van der Waals surface area contributed by atoms with Crippen LogP contribution in [0.2, 0.25) is 0 Å². The lowest BCUT2D eigenvalue weighted by Gasteiger charge is -2.21. The highest BCUT2D eigenvalue weighted by atomic mass is 16.5. The van der Waals surface area contributed by atoms with E-state index in [0.29, 0.717) is 11.5 Å². The Morgan fingerprint density at radius 2 is 1.79 bits per heavy atom. The Kier molecular flexibility index (Phi) is 3.20. The van der Waals surface area contributed by atoms with Crippen molar-refractivity contribution in [3.8, 4) is 11.5 Å². The highest BCUT2D eigenvalue weighted by Crippen LogP contribution is 2.66. The summed E-state index contributed by atoms with van der Waals surface area (Å²) in [4.78, 5) is 12.3. The molecule has 0 heterocycles. The standard InChI is InChI=1S/C15H20O4/c1-14(2)9-15(14,13(16)19-5)11-8-10(17-3)6-7-12(11)18-4/h6-8H,9H2,1-5H3. The number of hydrogen-bond acceptors (Lipinski definition) is 4. The lowest BCUT2D eigenvalue weighted by molar-refractivity contribution is -0.144. The molecule has 0 aromatic heterocycles. The van der Waals surface area contributed by atoms with Crippen molar-refractivity contribution in [3.63, 3.8) is 0 Å². The van der Waals surface area contributed by atoms with Gasteiger partial charge in [0.2, 0.25) is 0 Å². The van der Waals surface area contributed by atoms with Crippen molar-refractivity contribution in [3.05, 3.63) is 23.8 Å². The molecular weight excluding hydrogens is 244 g/mol. The molecule has 1 fully saturated rings. The van der Waals surface area contributed by atoms with Crippen LogP contribution in [0.4, 0.5) is 0 Å². The van der Waals surface area contributed by atoms with Gasteiger partial charge in [-0.25, -0.2) is 0 Å². The molecule has 1 aliphatic carbocycles. The van der Waals surface area contributed by atoms with Gasteiger partial charge in [-0.05, 0) is 30.0 Å². The minimum Gasteiger partial charge on any atom is -0.497 e. The van der Waals surface area contributed by atoms with Crippen molar-refractivity contribution >= 4 is 5.97 Å². The van der Waals surface area contributed by atoms with Crippen molar-refractivity contribution in [1.82, 2.24) is 0 Å². The molecule has 0 radical (unpaired) electrons. The maximum Gasteiger partial charge on any atom is 0.316 e. The molecule has 0 saturated heterocycles. The van der Waals surface area contributed by atoms with Crippen LogP contribution in [-0.2, 0) is 14.9 Å². The predicted octanol–water partition coefficient (Wildman–Crippen LogP) is 2.54. The highest BCUT2D eigenvalue weighted by Gasteiger charge is 2.69. The van der Waals surface area contributed by atoms with E-state index in [-0.39, 0.29) is 11.4 Å². The minimum absolute atomic E-state index is 0.139. The van der Waals surface area contributed by atoms with E-state index in [0.717, 1.165) is 12.0 Å². The molecule has 4 heteroatoms. The van der Waals surface area contributed by atoms with Crippen molar-refractivity contribution in [2.24, 2.45) is 5.41 Å². The normalized spacial score (nSPS) is 23.6. The third-order valence-corrected chi connectivity index (χ3v) is 4.14. The first-order valence-electron chi connectivity index (χ1n) is 6.24. The van der Waals surface area contributed by atoms with Crippen LogP contribution in [0.15, 0.2) is 18.2 Å². The van der Waals surface area contributed by atoms with Crippen molar-refractivity contribution in [2.45, 2.75) is 25.7 Å². The van der Waals surface area contributed by atoms with E-state index < -0.39 is 5.41 Å². The first-order valence-corrected chi connectivity index (χ1v) is 6.24. The molecule has 1 saturated carbocycles. The summed E-state index contributed by atoms with van der Waals surface area (Å²) in [6, 6.07) is 5.51. The van der Waals surface area contributed by atoms with Gasteiger partial charge in [-0.1, -0.05) is 13.8 Å². The summed E-state index contributed by atoms with van der Waals surface area (Å²) in [5, 5.41) is 0. The van der Waals surface area contributed by atoms with Gasteiger partial charge in [0.15, 0.2) is 0 Å². The molecule has 0 aliphatic heterocycles. The summed E-state index contributed by atoms with van der Waals surface area (Å²) >= 11 is 0. The van der Waals surface area contributed by atoms with E-state index in [1.54, 1.807) is 14.2 Å². The SMILES string of the molecule is COC(=O)C1(c2cc(OC)ccc2OC)CC1(C)C. The van der Waals surface area contributed by atoms with Crippen LogP contribution in [0.3, 0.4) is 0 Å². The van der Waals surface area contributed by atoms with Crippen LogP contribution in [0, 0.1) is 5.41 Å². The molecule has 0 amide bonds. The number of carbonyl (C=O) groups excluding carboxylic acids is 1. The zero-order valence-electron chi connectivity index (χ0n) is 12.1. The fourth-order valence-electron chi connectivity index (χ4n) is 2.86. The van der Waals surface area contributed by atoms with Crippen LogP contribution >= 0.6 is 0 Å². The Morgan fingerprint density at radius 3 is 2.21 bits per heavy atom. The summed E-state index contributed by atoms with van der Waals surface area (Å²) in [5.41, 5.74) is 0.0627. The molecule has 4 nitrogen and oxygen atoms in total. The average Bonchev–Trinajstić information content (AvgIpc) is 3.01. The molecule has 0 bridgehead atoms. The lowest BCUT2D eigenvalue weighted by atomic mass is 9.87. The fraction of sp³-hybridized carbons (Fsp3) is 0.533. The van der Waals surface area contributed by atoms with Crippen molar-refractivity contribution < 1.29 is 19.0 Å². The van der Waals surface area contributed by atoms with Crippen LogP contribution in [0.1, 0.15) is 25.8 Å². The summed E-state index contributed by atoms with van der Waals surface area (Å²) in [5.74, 6) is 1.18. The first-order chi connectivity index (χ1) is 8.92. The zero-order valence-corrected chi connectivity index (χ0v) is 12.1. The van der Waals surface area contributed by atoms with Crippen LogP contribution in [-0.4, -0.2) is 27.3 Å². The zero-order chi connectivity index (χ0) is 14.3. The maximum atomic E-state index is 12.3. The number of benzene rings is 1. The maximum absolute atomic E-state index is 12.3. The van der Waals surface area contributed by atoms with Gasteiger partial charge in [0, 0.05) is 5.56 Å². The third-order valence-electron chi connectivity index (χ3n) is 4.14. The van der Waals surface area contributed by atoms with Crippen molar-refractivity contribution in [2.75, 3.05) is 21.3 Å². The molecule has 1 aromatic carbocycles. The van der Waals surface area contributed by atoms with Gasteiger partial charge in [0.1, 0.15) is 16.9 Å². The third kappa shape index (κ3) is 1.86. The van der Waals surface area contributed by atoms with Gasteiger partial charge in [-0.3, -0.25) is 4.79 Å². The Morgan fingerprint density at radius 1 is 1.16 bits per heavy atom. The largest absolute Gasteiger partial charge is 0.497 e. The first kappa shape index (κ1) is 13.7. The number of rotatable bonds is 4. The number of ether oxygens (including phenoxy) is 3. The van der Waals surface area contributed by atoms with Gasteiger partial charge < -0.3 is 14.2 Å². The Hall–Kier alpha value is -1.71. The van der Waals surface area contributed by atoms with E-state index in [4.69, 9.17) is 14.2 Å². The topological polar surface area (TPSA) is 44.8 Å². The Balaban J connectivity index is 2.58. The van der Waals surface area contributed by atoms with Gasteiger partial charge in [-0.15, -0.1) is 0 Å².